The van der Waals surface area contributed by atoms with E-state index in [0.717, 1.165) is 15.7 Å². The molecule has 0 saturated carbocycles. The minimum absolute atomic E-state index is 0.245. The van der Waals surface area contributed by atoms with Gasteiger partial charge in [0.1, 0.15) is 5.69 Å². The summed E-state index contributed by atoms with van der Waals surface area (Å²) >= 11 is 3.43. The molecule has 0 aliphatic heterocycles. The van der Waals surface area contributed by atoms with E-state index in [9.17, 15) is 4.79 Å². The fourth-order valence-corrected chi connectivity index (χ4v) is 1.89. The SMILES string of the molecule is Cc1ccc(Nc2nnc(C)c(=O)[nH]2)c(Br)c1. The highest BCUT2D eigenvalue weighted by Gasteiger charge is 2.03. The van der Waals surface area contributed by atoms with Crippen molar-refractivity contribution >= 4 is 27.6 Å². The first kappa shape index (κ1) is 11.8. The van der Waals surface area contributed by atoms with Gasteiger partial charge >= 0.3 is 0 Å². The highest BCUT2D eigenvalue weighted by Crippen LogP contribution is 2.24. The maximum absolute atomic E-state index is 11.4. The van der Waals surface area contributed by atoms with Gasteiger partial charge in [0.25, 0.3) is 5.56 Å². The summed E-state index contributed by atoms with van der Waals surface area (Å²) < 4.78 is 0.903. The first-order chi connectivity index (χ1) is 8.06. The van der Waals surface area contributed by atoms with Gasteiger partial charge in [0.15, 0.2) is 0 Å². The highest BCUT2D eigenvalue weighted by atomic mass is 79.9. The van der Waals surface area contributed by atoms with E-state index in [0.29, 0.717) is 11.6 Å². The van der Waals surface area contributed by atoms with Crippen molar-refractivity contribution in [1.29, 1.82) is 0 Å². The molecule has 1 aromatic heterocycles. The Morgan fingerprint density at radius 2 is 2.06 bits per heavy atom. The first-order valence-corrected chi connectivity index (χ1v) is 5.82. The number of hydrogen-bond donors (Lipinski definition) is 2. The van der Waals surface area contributed by atoms with Gasteiger partial charge in [-0.1, -0.05) is 6.07 Å². The van der Waals surface area contributed by atoms with Gasteiger partial charge in [-0.05, 0) is 47.5 Å². The van der Waals surface area contributed by atoms with Crippen LogP contribution < -0.4 is 10.9 Å². The average molecular weight is 295 g/mol. The number of nitrogens with zero attached hydrogens (tertiary/aromatic N) is 2. The van der Waals surface area contributed by atoms with Crippen molar-refractivity contribution in [2.75, 3.05) is 5.32 Å². The summed E-state index contributed by atoms with van der Waals surface area (Å²) in [6, 6.07) is 5.84. The summed E-state index contributed by atoms with van der Waals surface area (Å²) in [5.41, 5.74) is 2.07. The van der Waals surface area contributed by atoms with E-state index in [1.165, 1.54) is 0 Å². The minimum atomic E-state index is -0.245. The van der Waals surface area contributed by atoms with E-state index in [2.05, 4.69) is 36.4 Å². The van der Waals surface area contributed by atoms with Crippen molar-refractivity contribution in [1.82, 2.24) is 15.2 Å². The molecule has 0 fully saturated rings. The molecule has 1 heterocycles. The van der Waals surface area contributed by atoms with E-state index in [4.69, 9.17) is 0 Å². The van der Waals surface area contributed by atoms with Gasteiger partial charge in [0.2, 0.25) is 5.95 Å². The van der Waals surface area contributed by atoms with Gasteiger partial charge in [-0.15, -0.1) is 10.2 Å². The number of aromatic amines is 1. The second-order valence-electron chi connectivity index (χ2n) is 3.70. The Bertz CT molecular complexity index is 609. The van der Waals surface area contributed by atoms with Gasteiger partial charge in [-0.25, -0.2) is 0 Å². The summed E-state index contributed by atoms with van der Waals surface area (Å²) in [4.78, 5) is 14.0. The molecular formula is C11H11BrN4O. The maximum Gasteiger partial charge on any atom is 0.273 e. The second-order valence-corrected chi connectivity index (χ2v) is 4.55. The van der Waals surface area contributed by atoms with Crippen LogP contribution in [0.25, 0.3) is 0 Å². The second kappa shape index (κ2) is 4.67. The van der Waals surface area contributed by atoms with E-state index in [1.54, 1.807) is 6.92 Å². The third-order valence-corrected chi connectivity index (χ3v) is 2.89. The Balaban J connectivity index is 2.31. The molecule has 0 spiro atoms. The lowest BCUT2D eigenvalue weighted by molar-refractivity contribution is 0.908. The van der Waals surface area contributed by atoms with Crippen molar-refractivity contribution in [2.24, 2.45) is 0 Å². The molecule has 0 aliphatic rings. The minimum Gasteiger partial charge on any atom is -0.323 e. The third kappa shape index (κ3) is 2.71. The molecule has 0 aliphatic carbocycles. The molecule has 2 rings (SSSR count). The molecule has 17 heavy (non-hydrogen) atoms. The lowest BCUT2D eigenvalue weighted by atomic mass is 10.2. The molecular weight excluding hydrogens is 284 g/mol. The van der Waals surface area contributed by atoms with Crippen LogP contribution in [0, 0.1) is 13.8 Å². The molecule has 0 atom stereocenters. The Labute approximate surface area is 106 Å². The Morgan fingerprint density at radius 1 is 1.29 bits per heavy atom. The summed E-state index contributed by atoms with van der Waals surface area (Å²) in [6.45, 7) is 3.61. The zero-order valence-electron chi connectivity index (χ0n) is 9.41. The number of halogens is 1. The molecule has 88 valence electrons. The highest BCUT2D eigenvalue weighted by molar-refractivity contribution is 9.10. The van der Waals surface area contributed by atoms with Crippen molar-refractivity contribution in [2.45, 2.75) is 13.8 Å². The lowest BCUT2D eigenvalue weighted by Gasteiger charge is -2.07. The summed E-state index contributed by atoms with van der Waals surface area (Å²) in [7, 11) is 0. The van der Waals surface area contributed by atoms with Gasteiger partial charge in [0, 0.05) is 4.47 Å². The predicted molar refractivity (Wildman–Crippen MR) is 69.6 cm³/mol. The number of rotatable bonds is 2. The summed E-state index contributed by atoms with van der Waals surface area (Å²) in [6.07, 6.45) is 0. The molecule has 0 amide bonds. The molecule has 2 N–H and O–H groups in total. The van der Waals surface area contributed by atoms with Gasteiger partial charge in [0.05, 0.1) is 5.69 Å². The molecule has 0 bridgehead atoms. The Hall–Kier alpha value is -1.69. The van der Waals surface area contributed by atoms with Crippen LogP contribution in [0.2, 0.25) is 0 Å². The van der Waals surface area contributed by atoms with Crippen molar-refractivity contribution < 1.29 is 0 Å². The Kier molecular flexibility index (Phi) is 3.23. The predicted octanol–water partition coefficient (Wildman–Crippen LogP) is 2.29. The van der Waals surface area contributed by atoms with E-state index >= 15 is 0 Å². The quantitative estimate of drug-likeness (QED) is 0.891. The van der Waals surface area contributed by atoms with E-state index in [1.807, 2.05) is 25.1 Å². The smallest absolute Gasteiger partial charge is 0.273 e. The van der Waals surface area contributed by atoms with Crippen LogP contribution in [0.15, 0.2) is 27.5 Å². The number of aromatic nitrogens is 3. The largest absolute Gasteiger partial charge is 0.323 e. The van der Waals surface area contributed by atoms with Crippen LogP contribution in [-0.4, -0.2) is 15.2 Å². The standard InChI is InChI=1S/C11H11BrN4O/c1-6-3-4-9(8(12)5-6)13-11-14-10(17)7(2)15-16-11/h3-5H,1-2H3,(H2,13,14,16,17). The van der Waals surface area contributed by atoms with E-state index < -0.39 is 0 Å². The van der Waals surface area contributed by atoms with Gasteiger partial charge in [-0.2, -0.15) is 0 Å². The fourth-order valence-electron chi connectivity index (χ4n) is 1.30. The van der Waals surface area contributed by atoms with Gasteiger partial charge in [-0.3, -0.25) is 9.78 Å². The maximum atomic E-state index is 11.4. The molecule has 0 radical (unpaired) electrons. The zero-order chi connectivity index (χ0) is 12.4. The molecule has 0 saturated heterocycles. The number of nitrogens with one attached hydrogen (secondary N) is 2. The van der Waals surface area contributed by atoms with E-state index in [-0.39, 0.29) is 5.56 Å². The zero-order valence-corrected chi connectivity index (χ0v) is 11.0. The van der Waals surface area contributed by atoms with Crippen LogP contribution in [0.3, 0.4) is 0 Å². The molecule has 1 aromatic carbocycles. The molecule has 2 aromatic rings. The lowest BCUT2D eigenvalue weighted by Crippen LogP contribution is -2.15. The number of anilines is 2. The monoisotopic (exact) mass is 294 g/mol. The van der Waals surface area contributed by atoms with Crippen LogP contribution in [0.5, 0.6) is 0 Å². The number of aryl methyl sites for hydroxylation is 2. The molecule has 0 unspecified atom stereocenters. The van der Waals surface area contributed by atoms with Crippen LogP contribution in [0.4, 0.5) is 11.6 Å². The average Bonchev–Trinajstić information content (AvgIpc) is 2.27. The van der Waals surface area contributed by atoms with Crippen molar-refractivity contribution in [3.05, 3.63) is 44.3 Å². The van der Waals surface area contributed by atoms with Crippen molar-refractivity contribution in [3.63, 3.8) is 0 Å². The third-order valence-electron chi connectivity index (χ3n) is 2.24. The van der Waals surface area contributed by atoms with Gasteiger partial charge < -0.3 is 5.32 Å². The van der Waals surface area contributed by atoms with Crippen LogP contribution in [0.1, 0.15) is 11.3 Å². The fraction of sp³-hybridized carbons (Fsp3) is 0.182. The summed E-state index contributed by atoms with van der Waals surface area (Å²) in [5, 5.41) is 10.6. The normalized spacial score (nSPS) is 10.3. The molecule has 5 nitrogen and oxygen atoms in total. The number of H-pyrrole nitrogens is 1. The number of benzene rings is 1. The topological polar surface area (TPSA) is 70.7 Å². The van der Waals surface area contributed by atoms with Crippen molar-refractivity contribution in [3.8, 4) is 0 Å². The van der Waals surface area contributed by atoms with Crippen LogP contribution in [-0.2, 0) is 0 Å². The number of hydrogen-bond acceptors (Lipinski definition) is 4. The van der Waals surface area contributed by atoms with Crippen LogP contribution >= 0.6 is 15.9 Å². The first-order valence-electron chi connectivity index (χ1n) is 5.03. The Morgan fingerprint density at radius 3 is 2.71 bits per heavy atom. The summed E-state index contributed by atoms with van der Waals surface area (Å²) in [5.74, 6) is 0.324. The molecule has 6 heteroatoms.